The molecule has 2 heterocycles. The molecular formula is C18H27N3O. The van der Waals surface area contributed by atoms with Gasteiger partial charge in [-0.1, -0.05) is 12.1 Å². The molecule has 120 valence electrons. The molecular weight excluding hydrogens is 274 g/mol. The molecule has 4 heteroatoms. The lowest BCUT2D eigenvalue weighted by Crippen LogP contribution is -2.33. The van der Waals surface area contributed by atoms with E-state index in [1.807, 2.05) is 12.1 Å². The van der Waals surface area contributed by atoms with E-state index in [0.29, 0.717) is 5.92 Å². The topological polar surface area (TPSA) is 44.4 Å². The highest BCUT2D eigenvalue weighted by Crippen LogP contribution is 2.23. The van der Waals surface area contributed by atoms with Crippen molar-refractivity contribution in [2.45, 2.75) is 31.6 Å². The van der Waals surface area contributed by atoms with Crippen molar-refractivity contribution in [3.05, 3.63) is 35.4 Å². The summed E-state index contributed by atoms with van der Waals surface area (Å²) in [5.41, 5.74) is 2.12. The molecule has 1 amide bonds. The molecule has 0 radical (unpaired) electrons. The van der Waals surface area contributed by atoms with Gasteiger partial charge in [-0.25, -0.2) is 0 Å². The van der Waals surface area contributed by atoms with E-state index in [1.165, 1.54) is 44.3 Å². The lowest BCUT2D eigenvalue weighted by molar-refractivity contribution is 0.0949. The summed E-state index contributed by atoms with van der Waals surface area (Å²) in [6.07, 6.45) is 5.08. The van der Waals surface area contributed by atoms with Crippen LogP contribution in [0.3, 0.4) is 0 Å². The van der Waals surface area contributed by atoms with Gasteiger partial charge in [0.15, 0.2) is 0 Å². The summed E-state index contributed by atoms with van der Waals surface area (Å²) in [5, 5.41) is 6.47. The van der Waals surface area contributed by atoms with Crippen molar-refractivity contribution in [3.8, 4) is 0 Å². The van der Waals surface area contributed by atoms with Crippen LogP contribution in [0.2, 0.25) is 0 Å². The van der Waals surface area contributed by atoms with E-state index in [9.17, 15) is 4.79 Å². The van der Waals surface area contributed by atoms with E-state index >= 15 is 0 Å². The third-order valence-corrected chi connectivity index (χ3v) is 4.85. The number of likely N-dealkylation sites (tertiary alicyclic amines) is 1. The molecule has 1 unspecified atom stereocenters. The number of benzene rings is 1. The van der Waals surface area contributed by atoms with Gasteiger partial charge in [0.05, 0.1) is 0 Å². The van der Waals surface area contributed by atoms with Gasteiger partial charge in [0.25, 0.3) is 5.91 Å². The second kappa shape index (κ2) is 7.75. The Hall–Kier alpha value is -1.39. The van der Waals surface area contributed by atoms with Gasteiger partial charge in [0, 0.05) is 25.2 Å². The number of piperidine rings is 1. The SMILES string of the molecule is O=C(NCCN1CCCC1)c1ccc(C2CCCNC2)cc1. The first-order valence-electron chi connectivity index (χ1n) is 8.64. The van der Waals surface area contributed by atoms with Crippen molar-refractivity contribution >= 4 is 5.91 Å². The number of hydrogen-bond donors (Lipinski definition) is 2. The molecule has 1 atom stereocenters. The molecule has 22 heavy (non-hydrogen) atoms. The Balaban J connectivity index is 1.47. The average Bonchev–Trinajstić information content (AvgIpc) is 3.09. The predicted molar refractivity (Wildman–Crippen MR) is 89.3 cm³/mol. The zero-order valence-electron chi connectivity index (χ0n) is 13.3. The van der Waals surface area contributed by atoms with E-state index in [4.69, 9.17) is 0 Å². The number of carbonyl (C=O) groups is 1. The summed E-state index contributed by atoms with van der Waals surface area (Å²) in [6, 6.07) is 8.17. The Bertz CT molecular complexity index is 474. The van der Waals surface area contributed by atoms with Gasteiger partial charge < -0.3 is 15.5 Å². The second-order valence-corrected chi connectivity index (χ2v) is 6.47. The number of nitrogens with one attached hydrogen (secondary N) is 2. The molecule has 0 aliphatic carbocycles. The summed E-state index contributed by atoms with van der Waals surface area (Å²) in [6.45, 7) is 6.26. The number of hydrogen-bond acceptors (Lipinski definition) is 3. The summed E-state index contributed by atoms with van der Waals surface area (Å²) >= 11 is 0. The van der Waals surface area contributed by atoms with Gasteiger partial charge in [0.1, 0.15) is 0 Å². The van der Waals surface area contributed by atoms with Crippen molar-refractivity contribution in [1.82, 2.24) is 15.5 Å². The van der Waals surface area contributed by atoms with Crippen LogP contribution in [-0.2, 0) is 0 Å². The van der Waals surface area contributed by atoms with E-state index < -0.39 is 0 Å². The fourth-order valence-electron chi connectivity index (χ4n) is 3.48. The molecule has 3 rings (SSSR count). The third-order valence-electron chi connectivity index (χ3n) is 4.85. The predicted octanol–water partition coefficient (Wildman–Crippen LogP) is 1.98. The van der Waals surface area contributed by atoms with Gasteiger partial charge in [-0.05, 0) is 68.9 Å². The van der Waals surface area contributed by atoms with E-state index in [0.717, 1.165) is 31.7 Å². The first kappa shape index (κ1) is 15.5. The monoisotopic (exact) mass is 301 g/mol. The minimum absolute atomic E-state index is 0.0486. The molecule has 0 saturated carbocycles. The Morgan fingerprint density at radius 1 is 1.18 bits per heavy atom. The standard InChI is InChI=1S/C18H27N3O/c22-18(20-10-13-21-11-1-2-12-21)16-7-5-15(6-8-16)17-4-3-9-19-14-17/h5-8,17,19H,1-4,9-14H2,(H,20,22). The highest BCUT2D eigenvalue weighted by atomic mass is 16.1. The zero-order valence-corrected chi connectivity index (χ0v) is 13.3. The largest absolute Gasteiger partial charge is 0.351 e. The van der Waals surface area contributed by atoms with Crippen molar-refractivity contribution in [2.24, 2.45) is 0 Å². The van der Waals surface area contributed by atoms with Gasteiger partial charge >= 0.3 is 0 Å². The molecule has 2 saturated heterocycles. The van der Waals surface area contributed by atoms with Crippen LogP contribution in [-0.4, -0.2) is 50.1 Å². The summed E-state index contributed by atoms with van der Waals surface area (Å²) in [5.74, 6) is 0.647. The van der Waals surface area contributed by atoms with Crippen molar-refractivity contribution in [3.63, 3.8) is 0 Å². The number of nitrogens with zero attached hydrogens (tertiary/aromatic N) is 1. The summed E-state index contributed by atoms with van der Waals surface area (Å²) < 4.78 is 0. The maximum Gasteiger partial charge on any atom is 0.251 e. The van der Waals surface area contributed by atoms with Crippen LogP contribution < -0.4 is 10.6 Å². The molecule has 2 aliphatic rings. The van der Waals surface area contributed by atoms with Crippen LogP contribution >= 0.6 is 0 Å². The summed E-state index contributed by atoms with van der Waals surface area (Å²) in [7, 11) is 0. The van der Waals surface area contributed by atoms with Crippen LogP contribution in [0.15, 0.2) is 24.3 Å². The quantitative estimate of drug-likeness (QED) is 0.874. The van der Waals surface area contributed by atoms with Crippen LogP contribution in [0.4, 0.5) is 0 Å². The maximum atomic E-state index is 12.2. The molecule has 2 aliphatic heterocycles. The first-order chi connectivity index (χ1) is 10.8. The van der Waals surface area contributed by atoms with Gasteiger partial charge in [-0.3, -0.25) is 4.79 Å². The smallest absolute Gasteiger partial charge is 0.251 e. The number of carbonyl (C=O) groups excluding carboxylic acids is 1. The first-order valence-corrected chi connectivity index (χ1v) is 8.64. The molecule has 1 aromatic carbocycles. The van der Waals surface area contributed by atoms with Gasteiger partial charge in [-0.2, -0.15) is 0 Å². The van der Waals surface area contributed by atoms with Crippen LogP contribution in [0.5, 0.6) is 0 Å². The highest BCUT2D eigenvalue weighted by Gasteiger charge is 2.16. The van der Waals surface area contributed by atoms with Gasteiger partial charge in [0.2, 0.25) is 0 Å². The summed E-state index contributed by atoms with van der Waals surface area (Å²) in [4.78, 5) is 14.6. The molecule has 4 nitrogen and oxygen atoms in total. The Morgan fingerprint density at radius 2 is 1.95 bits per heavy atom. The second-order valence-electron chi connectivity index (χ2n) is 6.47. The van der Waals surface area contributed by atoms with E-state index in [2.05, 4.69) is 27.7 Å². The molecule has 0 spiro atoms. The fourth-order valence-corrected chi connectivity index (χ4v) is 3.48. The van der Waals surface area contributed by atoms with Crippen molar-refractivity contribution in [1.29, 1.82) is 0 Å². The normalized spacial score (nSPS) is 22.6. The minimum Gasteiger partial charge on any atom is -0.351 e. The lowest BCUT2D eigenvalue weighted by Gasteiger charge is -2.23. The number of rotatable bonds is 5. The zero-order chi connectivity index (χ0) is 15.2. The molecule has 0 bridgehead atoms. The Kier molecular flexibility index (Phi) is 5.46. The molecule has 2 fully saturated rings. The Labute approximate surface area is 133 Å². The number of amides is 1. The molecule has 0 aromatic heterocycles. The lowest BCUT2D eigenvalue weighted by atomic mass is 9.91. The van der Waals surface area contributed by atoms with Crippen LogP contribution in [0, 0.1) is 0 Å². The highest BCUT2D eigenvalue weighted by molar-refractivity contribution is 5.94. The van der Waals surface area contributed by atoms with E-state index in [-0.39, 0.29) is 5.91 Å². The fraction of sp³-hybridized carbons (Fsp3) is 0.611. The average molecular weight is 301 g/mol. The van der Waals surface area contributed by atoms with Crippen molar-refractivity contribution < 1.29 is 4.79 Å². The van der Waals surface area contributed by atoms with E-state index in [1.54, 1.807) is 0 Å². The van der Waals surface area contributed by atoms with Crippen LogP contribution in [0.1, 0.15) is 47.5 Å². The van der Waals surface area contributed by atoms with Gasteiger partial charge in [-0.15, -0.1) is 0 Å². The minimum atomic E-state index is 0.0486. The van der Waals surface area contributed by atoms with Crippen molar-refractivity contribution in [2.75, 3.05) is 39.3 Å². The third kappa shape index (κ3) is 4.08. The Morgan fingerprint density at radius 3 is 2.64 bits per heavy atom. The molecule has 2 N–H and O–H groups in total. The van der Waals surface area contributed by atoms with Crippen LogP contribution in [0.25, 0.3) is 0 Å². The molecule has 1 aromatic rings. The maximum absolute atomic E-state index is 12.2.